The van der Waals surface area contributed by atoms with Gasteiger partial charge >= 0.3 is 5.97 Å². The van der Waals surface area contributed by atoms with Gasteiger partial charge in [-0.15, -0.1) is 0 Å². The molecule has 0 saturated carbocycles. The van der Waals surface area contributed by atoms with Crippen molar-refractivity contribution in [1.29, 1.82) is 0 Å². The molecule has 1 heterocycles. The number of hydrogen-bond acceptors (Lipinski definition) is 4. The molecule has 1 aromatic heterocycles. The Kier molecular flexibility index (Phi) is 5.09. The smallest absolute Gasteiger partial charge is 0.306 e. The third-order valence-corrected chi connectivity index (χ3v) is 3.56. The molecule has 21 heavy (non-hydrogen) atoms. The number of carboxylic acid groups (broad SMARTS) is 1. The highest BCUT2D eigenvalue weighted by Gasteiger charge is 2.11. The standard InChI is InChI=1S/C16H21N3O2/c1-11(15(20)21)6-5-7-12(2)18-16-17-10-13-8-3-4-9-14(13)19-16/h3-4,8-12H,5-7H2,1-2H3,(H,20,21)(H,17,18,19). The maximum Gasteiger partial charge on any atom is 0.306 e. The van der Waals surface area contributed by atoms with E-state index in [0.29, 0.717) is 12.4 Å². The average molecular weight is 287 g/mol. The normalized spacial score (nSPS) is 13.8. The maximum atomic E-state index is 10.8. The summed E-state index contributed by atoms with van der Waals surface area (Å²) in [5.41, 5.74) is 0.918. The summed E-state index contributed by atoms with van der Waals surface area (Å²) in [5.74, 6) is -0.393. The van der Waals surface area contributed by atoms with E-state index in [0.717, 1.165) is 23.7 Å². The third kappa shape index (κ3) is 4.41. The van der Waals surface area contributed by atoms with E-state index in [1.165, 1.54) is 0 Å². The van der Waals surface area contributed by atoms with Crippen molar-refractivity contribution in [2.24, 2.45) is 5.92 Å². The largest absolute Gasteiger partial charge is 0.481 e. The predicted octanol–water partition coefficient (Wildman–Crippen LogP) is 3.32. The van der Waals surface area contributed by atoms with Crippen LogP contribution in [0.2, 0.25) is 0 Å². The van der Waals surface area contributed by atoms with E-state index < -0.39 is 5.97 Å². The molecular weight excluding hydrogens is 266 g/mol. The van der Waals surface area contributed by atoms with Gasteiger partial charge in [-0.25, -0.2) is 9.97 Å². The molecule has 2 rings (SSSR count). The highest BCUT2D eigenvalue weighted by Crippen LogP contribution is 2.14. The Morgan fingerprint density at radius 1 is 1.29 bits per heavy atom. The zero-order valence-electron chi connectivity index (χ0n) is 12.4. The van der Waals surface area contributed by atoms with Crippen LogP contribution in [0.3, 0.4) is 0 Å². The van der Waals surface area contributed by atoms with Crippen molar-refractivity contribution < 1.29 is 9.90 Å². The molecule has 0 amide bonds. The Balaban J connectivity index is 1.86. The Labute approximate surface area is 124 Å². The van der Waals surface area contributed by atoms with E-state index in [-0.39, 0.29) is 12.0 Å². The number of nitrogens with zero attached hydrogens (tertiary/aromatic N) is 2. The van der Waals surface area contributed by atoms with Crippen LogP contribution < -0.4 is 5.32 Å². The van der Waals surface area contributed by atoms with E-state index in [9.17, 15) is 4.79 Å². The van der Waals surface area contributed by atoms with Crippen LogP contribution in [0.5, 0.6) is 0 Å². The molecule has 0 radical (unpaired) electrons. The Bertz CT molecular complexity index is 615. The highest BCUT2D eigenvalue weighted by atomic mass is 16.4. The molecule has 112 valence electrons. The number of hydrogen-bond donors (Lipinski definition) is 2. The van der Waals surface area contributed by atoms with Gasteiger partial charge in [-0.05, 0) is 25.8 Å². The number of nitrogens with one attached hydrogen (secondary N) is 1. The summed E-state index contributed by atoms with van der Waals surface area (Å²) in [7, 11) is 0. The first-order chi connectivity index (χ1) is 10.1. The van der Waals surface area contributed by atoms with Crippen molar-refractivity contribution in [1.82, 2.24) is 9.97 Å². The lowest BCUT2D eigenvalue weighted by Gasteiger charge is -2.14. The molecule has 0 bridgehead atoms. The molecular formula is C16H21N3O2. The Morgan fingerprint density at radius 3 is 2.81 bits per heavy atom. The zero-order chi connectivity index (χ0) is 15.2. The van der Waals surface area contributed by atoms with Gasteiger partial charge in [0.1, 0.15) is 0 Å². The number of carboxylic acids is 1. The van der Waals surface area contributed by atoms with Crippen LogP contribution >= 0.6 is 0 Å². The van der Waals surface area contributed by atoms with Gasteiger partial charge in [0.25, 0.3) is 0 Å². The topological polar surface area (TPSA) is 75.1 Å². The lowest BCUT2D eigenvalue weighted by atomic mass is 10.0. The number of carbonyl (C=O) groups is 1. The minimum Gasteiger partial charge on any atom is -0.481 e. The first kappa shape index (κ1) is 15.2. The predicted molar refractivity (Wildman–Crippen MR) is 83.3 cm³/mol. The maximum absolute atomic E-state index is 10.8. The van der Waals surface area contributed by atoms with Crippen LogP contribution in [0, 0.1) is 5.92 Å². The first-order valence-corrected chi connectivity index (χ1v) is 7.27. The summed E-state index contributed by atoms with van der Waals surface area (Å²) >= 11 is 0. The second-order valence-electron chi connectivity index (χ2n) is 5.47. The van der Waals surface area contributed by atoms with Gasteiger partial charge in [-0.3, -0.25) is 4.79 Å². The van der Waals surface area contributed by atoms with Crippen molar-refractivity contribution in [3.8, 4) is 0 Å². The molecule has 2 unspecified atom stereocenters. The van der Waals surface area contributed by atoms with Crippen molar-refractivity contribution in [3.63, 3.8) is 0 Å². The molecule has 0 aliphatic rings. The van der Waals surface area contributed by atoms with Crippen LogP contribution in [0.25, 0.3) is 10.9 Å². The molecule has 0 saturated heterocycles. The lowest BCUT2D eigenvalue weighted by molar-refractivity contribution is -0.141. The molecule has 2 atom stereocenters. The fraction of sp³-hybridized carbons (Fsp3) is 0.438. The highest BCUT2D eigenvalue weighted by molar-refractivity contribution is 5.78. The second kappa shape index (κ2) is 7.02. The molecule has 2 N–H and O–H groups in total. The van der Waals surface area contributed by atoms with E-state index in [1.54, 1.807) is 6.92 Å². The average Bonchev–Trinajstić information content (AvgIpc) is 2.46. The van der Waals surface area contributed by atoms with E-state index >= 15 is 0 Å². The summed E-state index contributed by atoms with van der Waals surface area (Å²) in [6, 6.07) is 8.07. The molecule has 0 aliphatic carbocycles. The number of anilines is 1. The molecule has 5 nitrogen and oxygen atoms in total. The fourth-order valence-corrected chi connectivity index (χ4v) is 2.19. The number of benzene rings is 1. The van der Waals surface area contributed by atoms with Gasteiger partial charge in [-0.2, -0.15) is 0 Å². The quantitative estimate of drug-likeness (QED) is 0.817. The molecule has 2 aromatic rings. The van der Waals surface area contributed by atoms with Crippen LogP contribution in [0.4, 0.5) is 5.95 Å². The monoisotopic (exact) mass is 287 g/mol. The summed E-state index contributed by atoms with van der Waals surface area (Å²) in [6.07, 6.45) is 4.27. The van der Waals surface area contributed by atoms with Crippen LogP contribution in [-0.2, 0) is 4.79 Å². The minimum atomic E-state index is -0.728. The fourth-order valence-electron chi connectivity index (χ4n) is 2.19. The van der Waals surface area contributed by atoms with Gasteiger partial charge in [0.15, 0.2) is 0 Å². The van der Waals surface area contributed by atoms with Crippen LogP contribution in [0.1, 0.15) is 33.1 Å². The number of rotatable bonds is 7. The molecule has 0 aliphatic heterocycles. The first-order valence-electron chi connectivity index (χ1n) is 7.27. The van der Waals surface area contributed by atoms with E-state index in [1.807, 2.05) is 30.5 Å². The Morgan fingerprint density at radius 2 is 2.05 bits per heavy atom. The van der Waals surface area contributed by atoms with Crippen LogP contribution in [0.15, 0.2) is 30.5 Å². The zero-order valence-corrected chi connectivity index (χ0v) is 12.4. The van der Waals surface area contributed by atoms with Gasteiger partial charge in [0, 0.05) is 17.6 Å². The number of aromatic nitrogens is 2. The number of fused-ring (bicyclic) bond motifs is 1. The summed E-state index contributed by atoms with van der Waals surface area (Å²) in [6.45, 7) is 3.80. The van der Waals surface area contributed by atoms with Gasteiger partial charge in [-0.1, -0.05) is 31.5 Å². The lowest BCUT2D eigenvalue weighted by Crippen LogP contribution is -2.18. The summed E-state index contributed by atoms with van der Waals surface area (Å²) in [5, 5.41) is 13.1. The third-order valence-electron chi connectivity index (χ3n) is 3.56. The van der Waals surface area contributed by atoms with Crippen molar-refractivity contribution in [2.75, 3.05) is 5.32 Å². The summed E-state index contributed by atoms with van der Waals surface area (Å²) < 4.78 is 0. The molecule has 0 spiro atoms. The number of para-hydroxylation sites is 1. The van der Waals surface area contributed by atoms with Gasteiger partial charge in [0.2, 0.25) is 5.95 Å². The van der Waals surface area contributed by atoms with Gasteiger partial charge in [0.05, 0.1) is 11.4 Å². The number of aliphatic carboxylic acids is 1. The van der Waals surface area contributed by atoms with Crippen molar-refractivity contribution in [3.05, 3.63) is 30.5 Å². The van der Waals surface area contributed by atoms with Crippen LogP contribution in [-0.4, -0.2) is 27.1 Å². The molecule has 5 heteroatoms. The van der Waals surface area contributed by atoms with Crippen molar-refractivity contribution in [2.45, 2.75) is 39.2 Å². The second-order valence-corrected chi connectivity index (χ2v) is 5.47. The van der Waals surface area contributed by atoms with E-state index in [4.69, 9.17) is 5.11 Å². The summed E-state index contributed by atoms with van der Waals surface area (Å²) in [4.78, 5) is 19.5. The molecule has 1 aromatic carbocycles. The Hall–Kier alpha value is -2.17. The van der Waals surface area contributed by atoms with E-state index in [2.05, 4.69) is 22.2 Å². The minimum absolute atomic E-state index is 0.215. The van der Waals surface area contributed by atoms with Crippen molar-refractivity contribution >= 4 is 22.8 Å². The molecule has 0 fully saturated rings. The SMILES string of the molecule is CC(CCCC(C)C(=O)O)Nc1ncc2ccccc2n1. The van der Waals surface area contributed by atoms with Gasteiger partial charge < -0.3 is 10.4 Å².